The maximum atomic E-state index is 13.1. The van der Waals surface area contributed by atoms with Crippen molar-refractivity contribution in [2.45, 2.75) is 38.3 Å². The molecule has 5 nitrogen and oxygen atoms in total. The summed E-state index contributed by atoms with van der Waals surface area (Å²) in [5, 5.41) is 12.1. The maximum Gasteiger partial charge on any atom is 0.317 e. The molecule has 1 aliphatic heterocycles. The van der Waals surface area contributed by atoms with Crippen LogP contribution in [0.25, 0.3) is 0 Å². The quantitative estimate of drug-likeness (QED) is 0.846. The van der Waals surface area contributed by atoms with Gasteiger partial charge in [0.25, 0.3) is 0 Å². The van der Waals surface area contributed by atoms with Gasteiger partial charge in [-0.1, -0.05) is 13.0 Å². The molecule has 0 saturated carbocycles. The number of carbonyl (C=O) groups is 1. The van der Waals surface area contributed by atoms with Gasteiger partial charge in [0.05, 0.1) is 19.2 Å². The Balaban J connectivity index is 1.84. The Morgan fingerprint density at radius 3 is 3.09 bits per heavy atom. The zero-order valence-electron chi connectivity index (χ0n) is 12.8. The molecule has 0 aromatic heterocycles. The predicted octanol–water partition coefficient (Wildman–Crippen LogP) is 2.15. The van der Waals surface area contributed by atoms with E-state index in [1.165, 1.54) is 12.1 Å². The van der Waals surface area contributed by atoms with Crippen LogP contribution in [0.1, 0.15) is 26.2 Å². The first kappa shape index (κ1) is 16.5. The number of hydrogen-bond donors (Lipinski definition) is 2. The number of ether oxygens (including phenoxy) is 1. The molecule has 1 heterocycles. The second-order valence-electron chi connectivity index (χ2n) is 5.46. The second kappa shape index (κ2) is 7.98. The van der Waals surface area contributed by atoms with Gasteiger partial charge in [-0.25, -0.2) is 9.18 Å². The van der Waals surface area contributed by atoms with E-state index in [1.54, 1.807) is 17.0 Å². The number of likely N-dealkylation sites (tertiary alicyclic amines) is 1. The van der Waals surface area contributed by atoms with Gasteiger partial charge in [-0.15, -0.1) is 0 Å². The van der Waals surface area contributed by atoms with Crippen LogP contribution in [0.2, 0.25) is 0 Å². The van der Waals surface area contributed by atoms with E-state index in [9.17, 15) is 14.3 Å². The van der Waals surface area contributed by atoms with Gasteiger partial charge in [0.2, 0.25) is 0 Å². The van der Waals surface area contributed by atoms with Crippen LogP contribution >= 0.6 is 0 Å². The SMILES string of the molecule is CC[C@H](CNC(=O)N1CCC[C@@H]1CO)Oc1cccc(F)c1. The van der Waals surface area contributed by atoms with Gasteiger partial charge >= 0.3 is 6.03 Å². The molecule has 1 aliphatic rings. The van der Waals surface area contributed by atoms with Gasteiger partial charge in [0.15, 0.2) is 0 Å². The average molecular weight is 310 g/mol. The standard InChI is InChI=1S/C16H23FN2O3/c1-2-14(22-15-7-3-5-12(17)9-15)10-18-16(21)19-8-4-6-13(19)11-20/h3,5,7,9,13-14,20H,2,4,6,8,10-11H2,1H3,(H,18,21)/t13-,14-/m1/s1. The number of hydrogen-bond acceptors (Lipinski definition) is 3. The lowest BCUT2D eigenvalue weighted by Crippen LogP contribution is -2.46. The summed E-state index contributed by atoms with van der Waals surface area (Å²) < 4.78 is 18.8. The summed E-state index contributed by atoms with van der Waals surface area (Å²) in [4.78, 5) is 13.8. The molecule has 1 aromatic carbocycles. The normalized spacial score (nSPS) is 19.0. The summed E-state index contributed by atoms with van der Waals surface area (Å²) in [6.07, 6.45) is 2.22. The lowest BCUT2D eigenvalue weighted by molar-refractivity contribution is 0.148. The lowest BCUT2D eigenvalue weighted by atomic mass is 10.2. The number of urea groups is 1. The molecule has 0 radical (unpaired) electrons. The minimum Gasteiger partial charge on any atom is -0.489 e. The highest BCUT2D eigenvalue weighted by molar-refractivity contribution is 5.74. The van der Waals surface area contributed by atoms with Crippen molar-refractivity contribution in [2.75, 3.05) is 19.7 Å². The van der Waals surface area contributed by atoms with Crippen molar-refractivity contribution >= 4 is 6.03 Å². The number of halogens is 1. The number of aliphatic hydroxyl groups is 1. The summed E-state index contributed by atoms with van der Waals surface area (Å²) in [7, 11) is 0. The second-order valence-corrected chi connectivity index (χ2v) is 5.46. The first-order chi connectivity index (χ1) is 10.6. The number of amides is 2. The topological polar surface area (TPSA) is 61.8 Å². The minimum atomic E-state index is -0.348. The molecule has 22 heavy (non-hydrogen) atoms. The van der Waals surface area contributed by atoms with Crippen molar-refractivity contribution in [3.8, 4) is 5.75 Å². The van der Waals surface area contributed by atoms with Gasteiger partial charge < -0.3 is 20.1 Å². The average Bonchev–Trinajstić information content (AvgIpc) is 2.99. The molecule has 1 aromatic rings. The highest BCUT2D eigenvalue weighted by atomic mass is 19.1. The molecular weight excluding hydrogens is 287 g/mol. The van der Waals surface area contributed by atoms with E-state index < -0.39 is 0 Å². The van der Waals surface area contributed by atoms with E-state index in [1.807, 2.05) is 6.92 Å². The van der Waals surface area contributed by atoms with Crippen LogP contribution < -0.4 is 10.1 Å². The Morgan fingerprint density at radius 1 is 1.59 bits per heavy atom. The highest BCUT2D eigenvalue weighted by Gasteiger charge is 2.28. The third-order valence-electron chi connectivity index (χ3n) is 3.88. The fourth-order valence-corrected chi connectivity index (χ4v) is 2.60. The third kappa shape index (κ3) is 4.34. The van der Waals surface area contributed by atoms with Gasteiger partial charge in [0, 0.05) is 12.6 Å². The Kier molecular flexibility index (Phi) is 6.00. The van der Waals surface area contributed by atoms with Crippen molar-refractivity contribution in [1.82, 2.24) is 10.2 Å². The fraction of sp³-hybridized carbons (Fsp3) is 0.562. The van der Waals surface area contributed by atoms with E-state index >= 15 is 0 Å². The van der Waals surface area contributed by atoms with Gasteiger partial charge in [-0.2, -0.15) is 0 Å². The number of nitrogens with zero attached hydrogens (tertiary/aromatic N) is 1. The van der Waals surface area contributed by atoms with Crippen molar-refractivity contribution in [3.63, 3.8) is 0 Å². The summed E-state index contributed by atoms with van der Waals surface area (Å²) in [6, 6.07) is 5.69. The molecule has 1 fully saturated rings. The number of carbonyl (C=O) groups excluding carboxylic acids is 1. The summed E-state index contributed by atoms with van der Waals surface area (Å²) >= 11 is 0. The van der Waals surface area contributed by atoms with E-state index in [0.717, 1.165) is 12.8 Å². The molecule has 2 N–H and O–H groups in total. The van der Waals surface area contributed by atoms with E-state index in [4.69, 9.17) is 4.74 Å². The predicted molar refractivity (Wildman–Crippen MR) is 81.3 cm³/mol. The van der Waals surface area contributed by atoms with Crippen LogP contribution in [0.3, 0.4) is 0 Å². The zero-order chi connectivity index (χ0) is 15.9. The van der Waals surface area contributed by atoms with Crippen molar-refractivity contribution < 1.29 is 19.0 Å². The third-order valence-corrected chi connectivity index (χ3v) is 3.88. The van der Waals surface area contributed by atoms with Crippen LogP contribution in [0.4, 0.5) is 9.18 Å². The molecular formula is C16H23FN2O3. The first-order valence-corrected chi connectivity index (χ1v) is 7.71. The zero-order valence-corrected chi connectivity index (χ0v) is 12.8. The van der Waals surface area contributed by atoms with Crippen LogP contribution in [-0.2, 0) is 0 Å². The van der Waals surface area contributed by atoms with Crippen molar-refractivity contribution in [1.29, 1.82) is 0 Å². The fourth-order valence-electron chi connectivity index (χ4n) is 2.60. The van der Waals surface area contributed by atoms with E-state index in [0.29, 0.717) is 25.3 Å². The maximum absolute atomic E-state index is 13.1. The molecule has 2 atom stereocenters. The smallest absolute Gasteiger partial charge is 0.317 e. The summed E-state index contributed by atoms with van der Waals surface area (Å²) in [6.45, 7) is 2.95. The van der Waals surface area contributed by atoms with Crippen LogP contribution in [0.15, 0.2) is 24.3 Å². The monoisotopic (exact) mass is 310 g/mol. The molecule has 122 valence electrons. The Labute approximate surface area is 130 Å². The molecule has 2 rings (SSSR count). The molecule has 6 heteroatoms. The number of nitrogens with one attached hydrogen (secondary N) is 1. The van der Waals surface area contributed by atoms with Crippen LogP contribution in [0.5, 0.6) is 5.75 Å². The van der Waals surface area contributed by atoms with Crippen LogP contribution in [-0.4, -0.2) is 47.9 Å². The Morgan fingerprint density at radius 2 is 2.41 bits per heavy atom. The van der Waals surface area contributed by atoms with Crippen molar-refractivity contribution in [2.24, 2.45) is 0 Å². The largest absolute Gasteiger partial charge is 0.489 e. The molecule has 0 spiro atoms. The van der Waals surface area contributed by atoms with Gasteiger partial charge in [-0.05, 0) is 31.4 Å². The molecule has 1 saturated heterocycles. The first-order valence-electron chi connectivity index (χ1n) is 7.71. The summed E-state index contributed by atoms with van der Waals surface area (Å²) in [5.74, 6) is 0.106. The summed E-state index contributed by atoms with van der Waals surface area (Å²) in [5.41, 5.74) is 0. The minimum absolute atomic E-state index is 0.00951. The van der Waals surface area contributed by atoms with Crippen LogP contribution in [0, 0.1) is 5.82 Å². The van der Waals surface area contributed by atoms with E-state index in [-0.39, 0.29) is 30.6 Å². The van der Waals surface area contributed by atoms with E-state index in [2.05, 4.69) is 5.32 Å². The Hall–Kier alpha value is -1.82. The number of rotatable bonds is 6. The van der Waals surface area contributed by atoms with Gasteiger partial charge in [-0.3, -0.25) is 0 Å². The highest BCUT2D eigenvalue weighted by Crippen LogP contribution is 2.17. The molecule has 0 bridgehead atoms. The number of aliphatic hydroxyl groups excluding tert-OH is 1. The number of benzene rings is 1. The Bertz CT molecular complexity index is 498. The van der Waals surface area contributed by atoms with Crippen molar-refractivity contribution in [3.05, 3.63) is 30.1 Å². The lowest BCUT2D eigenvalue weighted by Gasteiger charge is -2.25. The molecule has 0 aliphatic carbocycles. The molecule has 0 unspecified atom stereocenters. The molecule has 2 amide bonds. The van der Waals surface area contributed by atoms with Gasteiger partial charge in [0.1, 0.15) is 17.7 Å².